The molecule has 1 saturated heterocycles. The number of carboxylic acids is 1. The van der Waals surface area contributed by atoms with Gasteiger partial charge >= 0.3 is 5.97 Å². The fourth-order valence-electron chi connectivity index (χ4n) is 0.518. The van der Waals surface area contributed by atoms with E-state index in [1.165, 1.54) is 0 Å². The van der Waals surface area contributed by atoms with E-state index in [9.17, 15) is 4.79 Å². The second kappa shape index (κ2) is 2.55. The number of aliphatic carboxylic acids is 1. The third kappa shape index (κ3) is 1.57. The molecule has 0 amide bonds. The quantitative estimate of drug-likeness (QED) is 0.526. The monoisotopic (exact) mass is 150 g/mol. The van der Waals surface area contributed by atoms with E-state index in [0.717, 1.165) is 11.8 Å². The number of thioether (sulfide) groups is 1. The van der Waals surface area contributed by atoms with Crippen molar-refractivity contribution in [1.82, 2.24) is 0 Å². The molecule has 1 rings (SSSR count). The fourth-order valence-corrected chi connectivity index (χ4v) is 1.23. The number of rotatable bonds is 1. The van der Waals surface area contributed by atoms with Gasteiger partial charge in [-0.05, 0) is 0 Å². The van der Waals surface area contributed by atoms with Crippen LogP contribution in [0, 0.1) is 0 Å². The lowest BCUT2D eigenvalue weighted by Crippen LogP contribution is -2.16. The molecule has 1 fully saturated rings. The van der Waals surface area contributed by atoms with Crippen molar-refractivity contribution in [3.63, 3.8) is 0 Å². The average molecular weight is 150 g/mol. The zero-order valence-corrected chi connectivity index (χ0v) is 5.30. The van der Waals surface area contributed by atoms with E-state index in [1.54, 1.807) is 0 Å². The van der Waals surface area contributed by atoms with Crippen LogP contribution < -0.4 is 0 Å². The minimum atomic E-state index is -0.953. The molecule has 4 nitrogen and oxygen atoms in total. The van der Waals surface area contributed by atoms with Crippen LogP contribution in [0.3, 0.4) is 0 Å². The van der Waals surface area contributed by atoms with Crippen molar-refractivity contribution < 1.29 is 19.7 Å². The van der Waals surface area contributed by atoms with Gasteiger partial charge in [0.1, 0.15) is 5.25 Å². The van der Waals surface area contributed by atoms with Crippen LogP contribution >= 0.6 is 11.8 Å². The summed E-state index contributed by atoms with van der Waals surface area (Å²) in [5.74, 6) is -0.934. The molecule has 0 spiro atoms. The van der Waals surface area contributed by atoms with Crippen LogP contribution in [0.25, 0.3) is 0 Å². The topological polar surface area (TPSA) is 66.8 Å². The van der Waals surface area contributed by atoms with Gasteiger partial charge in [-0.3, -0.25) is 4.79 Å². The van der Waals surface area contributed by atoms with Crippen molar-refractivity contribution in [2.24, 2.45) is 0 Å². The fraction of sp³-hybridized carbons (Fsp3) is 0.750. The lowest BCUT2D eigenvalue weighted by Gasteiger charge is -1.96. The summed E-state index contributed by atoms with van der Waals surface area (Å²) in [7, 11) is 0. The van der Waals surface area contributed by atoms with Crippen LogP contribution in [0.1, 0.15) is 0 Å². The summed E-state index contributed by atoms with van der Waals surface area (Å²) in [6.45, 7) is 0.0984. The molecule has 1 aliphatic rings. The lowest BCUT2D eigenvalue weighted by molar-refractivity contribution is -0.137. The zero-order chi connectivity index (χ0) is 6.85. The average Bonchev–Trinajstić information content (AvgIpc) is 2.14. The zero-order valence-electron chi connectivity index (χ0n) is 4.48. The van der Waals surface area contributed by atoms with Gasteiger partial charge in [0.2, 0.25) is 5.62 Å². The highest BCUT2D eigenvalue weighted by Crippen LogP contribution is 2.24. The first-order chi connectivity index (χ1) is 4.20. The summed E-state index contributed by atoms with van der Waals surface area (Å²) in [6.07, 6.45) is 0. The molecule has 0 unspecified atom stereocenters. The molecular weight excluding hydrogens is 144 g/mol. The van der Waals surface area contributed by atoms with E-state index in [0.29, 0.717) is 0 Å². The molecule has 0 aromatic rings. The molecule has 0 aliphatic carbocycles. The molecular formula is C4H6O4S. The summed E-state index contributed by atoms with van der Waals surface area (Å²) >= 11 is 0.907. The minimum Gasteiger partial charge on any atom is -0.480 e. The van der Waals surface area contributed by atoms with Crippen molar-refractivity contribution in [2.75, 3.05) is 6.61 Å². The summed E-state index contributed by atoms with van der Waals surface area (Å²) in [4.78, 5) is 10.1. The van der Waals surface area contributed by atoms with Crippen molar-refractivity contribution in [3.8, 4) is 0 Å². The smallest absolute Gasteiger partial charge is 0.319 e. The lowest BCUT2D eigenvalue weighted by atomic mass is 10.5. The summed E-state index contributed by atoms with van der Waals surface area (Å²) in [5, 5.41) is 16.3. The highest BCUT2D eigenvalue weighted by molar-refractivity contribution is 8.01. The Balaban J connectivity index is 2.39. The molecule has 0 aromatic carbocycles. The van der Waals surface area contributed by atoms with Gasteiger partial charge in [0.15, 0.2) is 0 Å². The molecule has 1 heterocycles. The van der Waals surface area contributed by atoms with Crippen molar-refractivity contribution in [3.05, 3.63) is 0 Å². The first kappa shape index (κ1) is 6.85. The number of carboxylic acid groups (broad SMARTS) is 1. The highest BCUT2D eigenvalue weighted by atomic mass is 32.2. The SMILES string of the molecule is O=C(O)[C@H]1CO[C@H](O)S1. The van der Waals surface area contributed by atoms with E-state index < -0.39 is 16.8 Å². The van der Waals surface area contributed by atoms with Gasteiger partial charge in [-0.1, -0.05) is 11.8 Å². The van der Waals surface area contributed by atoms with E-state index in [-0.39, 0.29) is 6.61 Å². The van der Waals surface area contributed by atoms with Crippen LogP contribution in [0.5, 0.6) is 0 Å². The Morgan fingerprint density at radius 3 is 2.67 bits per heavy atom. The third-order valence-corrected chi connectivity index (χ3v) is 1.98. The number of ether oxygens (including phenoxy) is 1. The molecule has 52 valence electrons. The number of aliphatic hydroxyl groups excluding tert-OH is 1. The highest BCUT2D eigenvalue weighted by Gasteiger charge is 2.29. The molecule has 9 heavy (non-hydrogen) atoms. The summed E-state index contributed by atoms with van der Waals surface area (Å²) < 4.78 is 4.56. The van der Waals surface area contributed by atoms with E-state index >= 15 is 0 Å². The Bertz CT molecular complexity index is 126. The van der Waals surface area contributed by atoms with E-state index in [2.05, 4.69) is 4.74 Å². The van der Waals surface area contributed by atoms with Gasteiger partial charge in [0.25, 0.3) is 0 Å². The maximum absolute atomic E-state index is 10.1. The predicted molar refractivity (Wildman–Crippen MR) is 31.0 cm³/mol. The van der Waals surface area contributed by atoms with Crippen LogP contribution in [0.2, 0.25) is 0 Å². The first-order valence-electron chi connectivity index (χ1n) is 2.38. The second-order valence-corrected chi connectivity index (χ2v) is 2.85. The maximum atomic E-state index is 10.1. The number of hydrogen-bond donors (Lipinski definition) is 2. The summed E-state index contributed by atoms with van der Waals surface area (Å²) in [6, 6.07) is 0. The van der Waals surface area contributed by atoms with Gasteiger partial charge in [0.05, 0.1) is 6.61 Å². The van der Waals surface area contributed by atoms with Gasteiger partial charge in [-0.25, -0.2) is 0 Å². The molecule has 0 radical (unpaired) electrons. The van der Waals surface area contributed by atoms with Crippen LogP contribution in [0.15, 0.2) is 0 Å². The molecule has 2 N–H and O–H groups in total. The molecule has 0 saturated carbocycles. The van der Waals surface area contributed by atoms with Crippen LogP contribution in [0.4, 0.5) is 0 Å². The van der Waals surface area contributed by atoms with Crippen molar-refractivity contribution in [1.29, 1.82) is 0 Å². The summed E-state index contributed by atoms with van der Waals surface area (Å²) in [5.41, 5.74) is -0.953. The van der Waals surface area contributed by atoms with Crippen molar-refractivity contribution >= 4 is 17.7 Å². The Morgan fingerprint density at radius 1 is 1.78 bits per heavy atom. The van der Waals surface area contributed by atoms with Crippen molar-refractivity contribution in [2.45, 2.75) is 10.9 Å². The van der Waals surface area contributed by atoms with Crippen LogP contribution in [-0.4, -0.2) is 33.7 Å². The number of aliphatic hydroxyl groups is 1. The minimum absolute atomic E-state index is 0.0984. The molecule has 0 bridgehead atoms. The van der Waals surface area contributed by atoms with Gasteiger partial charge in [-0.2, -0.15) is 0 Å². The van der Waals surface area contributed by atoms with Gasteiger partial charge in [-0.15, -0.1) is 0 Å². The Hall–Kier alpha value is -0.260. The van der Waals surface area contributed by atoms with E-state index in [1.807, 2.05) is 0 Å². The van der Waals surface area contributed by atoms with Crippen LogP contribution in [-0.2, 0) is 9.53 Å². The molecule has 1 aliphatic heterocycles. The third-order valence-electron chi connectivity index (χ3n) is 0.946. The predicted octanol–water partition coefficient (Wildman–Crippen LogP) is -0.521. The second-order valence-electron chi connectivity index (χ2n) is 1.60. The standard InChI is InChI=1S/C4H6O4S/c5-3(6)2-1-8-4(7)9-2/h2,4,7H,1H2,(H,5,6)/t2-,4+/m1/s1. The normalized spacial score (nSPS) is 34.8. The Morgan fingerprint density at radius 2 is 2.44 bits per heavy atom. The van der Waals surface area contributed by atoms with E-state index in [4.69, 9.17) is 10.2 Å². The molecule has 5 heteroatoms. The Labute approximate surface area is 55.8 Å². The molecule has 2 atom stereocenters. The first-order valence-corrected chi connectivity index (χ1v) is 3.32. The largest absolute Gasteiger partial charge is 0.480 e. The maximum Gasteiger partial charge on any atom is 0.319 e. The Kier molecular flexibility index (Phi) is 1.94. The van der Waals surface area contributed by atoms with Gasteiger partial charge in [0, 0.05) is 0 Å². The molecule has 0 aromatic heterocycles. The van der Waals surface area contributed by atoms with Gasteiger partial charge < -0.3 is 14.9 Å². The number of carbonyl (C=O) groups is 1. The number of hydrogen-bond acceptors (Lipinski definition) is 4.